The highest BCUT2D eigenvalue weighted by molar-refractivity contribution is 7.54. The first-order chi connectivity index (χ1) is 9.82. The summed E-state index contributed by atoms with van der Waals surface area (Å²) in [6, 6.07) is 4.43. The molecule has 0 radical (unpaired) electrons. The molecule has 1 atom stereocenters. The number of carbonyl (C=O) groups is 1. The molecule has 0 bridgehead atoms. The van der Waals surface area contributed by atoms with Crippen LogP contribution >= 0.6 is 30.8 Å². The minimum absolute atomic E-state index is 0.142. The molecule has 6 nitrogen and oxygen atoms in total. The van der Waals surface area contributed by atoms with Crippen LogP contribution in [-0.2, 0) is 23.3 Å². The first-order valence-corrected chi connectivity index (χ1v) is 8.22. The van der Waals surface area contributed by atoms with Crippen molar-refractivity contribution in [1.29, 1.82) is 0 Å². The third-order valence-electron chi connectivity index (χ3n) is 2.63. The van der Waals surface area contributed by atoms with Crippen molar-refractivity contribution in [2.24, 2.45) is 0 Å². The number of halogens is 2. The van der Waals surface area contributed by atoms with Gasteiger partial charge in [-0.1, -0.05) is 30.1 Å². The van der Waals surface area contributed by atoms with E-state index >= 15 is 0 Å². The molecule has 21 heavy (non-hydrogen) atoms. The van der Waals surface area contributed by atoms with Crippen LogP contribution < -0.4 is 4.89 Å². The molecule has 0 N–H and O–H groups in total. The molecule has 1 rings (SSSR count). The quantitative estimate of drug-likeness (QED) is 0.416. The van der Waals surface area contributed by atoms with Gasteiger partial charge < -0.3 is 9.05 Å². The van der Waals surface area contributed by atoms with Gasteiger partial charge in [-0.2, -0.15) is 0 Å². The normalized spacial score (nSPS) is 12.8. The third kappa shape index (κ3) is 5.16. The zero-order valence-electron chi connectivity index (χ0n) is 11.7. The van der Waals surface area contributed by atoms with Crippen molar-refractivity contribution >= 4 is 36.8 Å². The molecule has 0 saturated heterocycles. The summed E-state index contributed by atoms with van der Waals surface area (Å²) in [6.07, 6.45) is -0.204. The molecule has 0 spiro atoms. The standard InChI is InChI=1S/C12H15Cl2O6P/c1-8(21(16,17-2)18-3)6-12(15)20-19-11-5-4-9(13)7-10(11)14/h4-5,7-8H,6H2,1-3H3. The summed E-state index contributed by atoms with van der Waals surface area (Å²) in [5.41, 5.74) is -0.677. The Bertz CT molecular complexity index is 543. The molecule has 0 fully saturated rings. The van der Waals surface area contributed by atoms with Crippen LogP contribution in [0.15, 0.2) is 18.2 Å². The van der Waals surface area contributed by atoms with Crippen LogP contribution in [0.3, 0.4) is 0 Å². The molecular weight excluding hydrogens is 342 g/mol. The maximum absolute atomic E-state index is 12.0. The second-order valence-corrected chi connectivity index (χ2v) is 7.61. The van der Waals surface area contributed by atoms with Crippen LogP contribution in [0.2, 0.25) is 10.0 Å². The van der Waals surface area contributed by atoms with Gasteiger partial charge in [-0.15, -0.1) is 0 Å². The Hall–Kier alpha value is -0.780. The predicted molar refractivity (Wildman–Crippen MR) is 78.9 cm³/mol. The molecule has 1 unspecified atom stereocenters. The van der Waals surface area contributed by atoms with Gasteiger partial charge in [0.15, 0.2) is 5.75 Å². The number of hydrogen-bond acceptors (Lipinski definition) is 6. The second-order valence-electron chi connectivity index (χ2n) is 4.07. The van der Waals surface area contributed by atoms with Crippen molar-refractivity contribution in [3.8, 4) is 5.75 Å². The maximum atomic E-state index is 12.0. The molecule has 0 amide bonds. The van der Waals surface area contributed by atoms with Crippen LogP contribution in [0, 0.1) is 0 Å². The van der Waals surface area contributed by atoms with Gasteiger partial charge in [-0.05, 0) is 18.2 Å². The Morgan fingerprint density at radius 3 is 2.43 bits per heavy atom. The van der Waals surface area contributed by atoms with E-state index < -0.39 is 19.2 Å². The summed E-state index contributed by atoms with van der Waals surface area (Å²) in [5, 5.41) is 0.622. The van der Waals surface area contributed by atoms with Crippen LogP contribution in [0.1, 0.15) is 13.3 Å². The molecule has 9 heteroatoms. The van der Waals surface area contributed by atoms with Gasteiger partial charge in [-0.25, -0.2) is 4.79 Å². The monoisotopic (exact) mass is 356 g/mol. The van der Waals surface area contributed by atoms with Crippen molar-refractivity contribution < 1.29 is 28.2 Å². The zero-order chi connectivity index (χ0) is 16.0. The van der Waals surface area contributed by atoms with Gasteiger partial charge in [0, 0.05) is 19.2 Å². The summed E-state index contributed by atoms with van der Waals surface area (Å²) in [5.74, 6) is -0.591. The van der Waals surface area contributed by atoms with E-state index in [1.54, 1.807) is 6.92 Å². The fourth-order valence-corrected chi connectivity index (χ4v) is 3.14. The van der Waals surface area contributed by atoms with Crippen LogP contribution in [0.5, 0.6) is 5.75 Å². The van der Waals surface area contributed by atoms with Gasteiger partial charge in [0.1, 0.15) is 0 Å². The van der Waals surface area contributed by atoms with E-state index in [0.29, 0.717) is 5.02 Å². The predicted octanol–water partition coefficient (Wildman–Crippen LogP) is 4.09. The Labute approximate surface area is 132 Å². The van der Waals surface area contributed by atoms with Crippen molar-refractivity contribution in [1.82, 2.24) is 0 Å². The molecule has 1 aromatic carbocycles. The molecule has 118 valence electrons. The van der Waals surface area contributed by atoms with E-state index in [4.69, 9.17) is 37.1 Å². The largest absolute Gasteiger partial charge is 0.356 e. The highest BCUT2D eigenvalue weighted by Gasteiger charge is 2.32. The van der Waals surface area contributed by atoms with Gasteiger partial charge in [0.05, 0.1) is 17.1 Å². The molecule has 0 heterocycles. The lowest BCUT2D eigenvalue weighted by Crippen LogP contribution is -2.16. The van der Waals surface area contributed by atoms with E-state index in [0.717, 1.165) is 0 Å². The lowest BCUT2D eigenvalue weighted by atomic mass is 10.3. The minimum Gasteiger partial charge on any atom is -0.312 e. The summed E-state index contributed by atoms with van der Waals surface area (Å²) < 4.78 is 21.6. The highest BCUT2D eigenvalue weighted by atomic mass is 35.5. The number of rotatable bonds is 7. The SMILES string of the molecule is COP(=O)(OC)C(C)CC(=O)OOc1ccc(Cl)cc1Cl. The number of benzene rings is 1. The maximum Gasteiger partial charge on any atom is 0.356 e. The van der Waals surface area contributed by atoms with E-state index in [1.807, 2.05) is 0 Å². The molecule has 0 aromatic heterocycles. The molecule has 0 saturated carbocycles. The van der Waals surface area contributed by atoms with E-state index in [9.17, 15) is 9.36 Å². The van der Waals surface area contributed by atoms with Crippen LogP contribution in [0.4, 0.5) is 0 Å². The number of carbonyl (C=O) groups excluding carboxylic acids is 1. The molecule has 0 aliphatic carbocycles. The van der Waals surface area contributed by atoms with Crippen molar-refractivity contribution in [3.63, 3.8) is 0 Å². The molecule has 0 aliphatic rings. The summed E-state index contributed by atoms with van der Waals surface area (Å²) in [7, 11) is -0.845. The Morgan fingerprint density at radius 1 is 1.29 bits per heavy atom. The first kappa shape index (κ1) is 18.3. The molecule has 1 aromatic rings. The zero-order valence-corrected chi connectivity index (χ0v) is 14.1. The Kier molecular flexibility index (Phi) is 6.97. The first-order valence-electron chi connectivity index (χ1n) is 5.86. The third-order valence-corrected chi connectivity index (χ3v) is 5.44. The topological polar surface area (TPSA) is 71.1 Å². The van der Waals surface area contributed by atoms with Gasteiger partial charge in [0.2, 0.25) is 0 Å². The summed E-state index contributed by atoms with van der Waals surface area (Å²) in [4.78, 5) is 21.1. The fourth-order valence-electron chi connectivity index (χ4n) is 1.46. The van der Waals surface area contributed by atoms with Gasteiger partial charge in [-0.3, -0.25) is 14.3 Å². The summed E-state index contributed by atoms with van der Waals surface area (Å²) >= 11 is 11.6. The fraction of sp³-hybridized carbons (Fsp3) is 0.417. The van der Waals surface area contributed by atoms with Crippen molar-refractivity contribution in [3.05, 3.63) is 28.2 Å². The van der Waals surface area contributed by atoms with E-state index in [-0.39, 0.29) is 17.2 Å². The number of hydrogen-bond donors (Lipinski definition) is 0. The van der Waals surface area contributed by atoms with Crippen LogP contribution in [0.25, 0.3) is 0 Å². The average Bonchev–Trinajstić information content (AvgIpc) is 2.45. The minimum atomic E-state index is -3.34. The molecule has 0 aliphatic heterocycles. The Morgan fingerprint density at radius 2 is 1.90 bits per heavy atom. The average molecular weight is 357 g/mol. The second kappa shape index (κ2) is 8.01. The van der Waals surface area contributed by atoms with Crippen LogP contribution in [-0.4, -0.2) is 25.8 Å². The van der Waals surface area contributed by atoms with Crippen molar-refractivity contribution in [2.75, 3.05) is 14.2 Å². The Balaban J connectivity index is 2.56. The summed E-state index contributed by atoms with van der Waals surface area (Å²) in [6.45, 7) is 1.55. The van der Waals surface area contributed by atoms with E-state index in [1.165, 1.54) is 32.4 Å². The van der Waals surface area contributed by atoms with Gasteiger partial charge >= 0.3 is 13.6 Å². The molecular formula is C12H15Cl2O6P. The van der Waals surface area contributed by atoms with E-state index in [2.05, 4.69) is 4.89 Å². The smallest absolute Gasteiger partial charge is 0.312 e. The highest BCUT2D eigenvalue weighted by Crippen LogP contribution is 2.52. The lowest BCUT2D eigenvalue weighted by Gasteiger charge is -2.19. The van der Waals surface area contributed by atoms with Crippen molar-refractivity contribution in [2.45, 2.75) is 19.0 Å². The van der Waals surface area contributed by atoms with Gasteiger partial charge in [0.25, 0.3) is 0 Å². The lowest BCUT2D eigenvalue weighted by molar-refractivity contribution is -0.213.